The fraction of sp³-hybridized carbons (Fsp3) is 0.282. The van der Waals surface area contributed by atoms with Gasteiger partial charge in [-0.05, 0) is 79.8 Å². The molecule has 0 atom stereocenters. The summed E-state index contributed by atoms with van der Waals surface area (Å²) in [5.41, 5.74) is 4.86. The maximum Gasteiger partial charge on any atom is 0.416 e. The van der Waals surface area contributed by atoms with Gasteiger partial charge in [-0.15, -0.1) is 0 Å². The van der Waals surface area contributed by atoms with Crippen molar-refractivity contribution in [3.8, 4) is 22.6 Å². The lowest BCUT2D eigenvalue weighted by Crippen LogP contribution is -2.35. The Kier molecular flexibility index (Phi) is 13.5. The van der Waals surface area contributed by atoms with Crippen molar-refractivity contribution in [1.82, 2.24) is 0 Å². The van der Waals surface area contributed by atoms with E-state index < -0.39 is 22.0 Å². The van der Waals surface area contributed by atoms with Crippen LogP contribution in [0.3, 0.4) is 0 Å². The fourth-order valence-corrected chi connectivity index (χ4v) is 5.56. The van der Waals surface area contributed by atoms with Crippen LogP contribution in [0.5, 0.6) is 11.5 Å². The van der Waals surface area contributed by atoms with E-state index in [1.54, 1.807) is 0 Å². The zero-order valence-electron chi connectivity index (χ0n) is 30.3. The van der Waals surface area contributed by atoms with E-state index in [1.165, 1.54) is 72.6 Å². The number of methoxy groups -OCH3 is 2. The minimum absolute atomic E-state index is 0.148. The van der Waals surface area contributed by atoms with Crippen LogP contribution in [0, 0.1) is 27.2 Å². The quantitative estimate of drug-likeness (QED) is 0.0470. The van der Waals surface area contributed by atoms with Gasteiger partial charge in [0.2, 0.25) is 0 Å². The third kappa shape index (κ3) is 9.88. The van der Waals surface area contributed by atoms with Crippen molar-refractivity contribution in [2.24, 2.45) is 0 Å². The molecule has 14 heteroatoms. The van der Waals surface area contributed by atoms with E-state index in [9.17, 15) is 29.8 Å². The number of amides is 2. The highest BCUT2D eigenvalue weighted by Crippen LogP contribution is 2.44. The molecule has 0 saturated heterocycles. The summed E-state index contributed by atoms with van der Waals surface area (Å²) in [6.07, 6.45) is 1.97. The summed E-state index contributed by atoms with van der Waals surface area (Å²) < 4.78 is 23.0. The summed E-state index contributed by atoms with van der Waals surface area (Å²) in [6, 6.07) is 20.4. The van der Waals surface area contributed by atoms with Crippen LogP contribution >= 0.6 is 0 Å². The second-order valence-electron chi connectivity index (χ2n) is 12.1. The Morgan fingerprint density at radius 2 is 1.21 bits per heavy atom. The van der Waals surface area contributed by atoms with Crippen molar-refractivity contribution in [2.75, 3.05) is 37.5 Å². The maximum atomic E-state index is 13.0. The van der Waals surface area contributed by atoms with Crippen LogP contribution in [-0.2, 0) is 15.9 Å². The molecule has 0 radical (unpaired) electrons. The second-order valence-corrected chi connectivity index (χ2v) is 12.1. The third-order valence-corrected chi connectivity index (χ3v) is 8.33. The van der Waals surface area contributed by atoms with Gasteiger partial charge in [0.25, 0.3) is 11.4 Å². The first-order valence-electron chi connectivity index (χ1n) is 16.8. The lowest BCUT2D eigenvalue weighted by Gasteiger charge is -2.26. The highest BCUT2D eigenvalue weighted by molar-refractivity contribution is 5.90. The van der Waals surface area contributed by atoms with Gasteiger partial charge in [0, 0.05) is 24.3 Å². The Labute approximate surface area is 307 Å². The number of hydrogen-bond donors (Lipinski definition) is 0. The number of benzene rings is 4. The number of anilines is 2. The van der Waals surface area contributed by atoms with E-state index in [1.807, 2.05) is 44.2 Å². The second kappa shape index (κ2) is 18.2. The number of nitro groups is 2. The molecule has 53 heavy (non-hydrogen) atoms. The summed E-state index contributed by atoms with van der Waals surface area (Å²) >= 11 is 0. The number of allylic oxidation sites excluding steroid dienone is 1. The molecule has 0 aromatic heterocycles. The first kappa shape index (κ1) is 39.3. The van der Waals surface area contributed by atoms with Crippen molar-refractivity contribution < 1.29 is 38.4 Å². The molecule has 0 aliphatic heterocycles. The van der Waals surface area contributed by atoms with Gasteiger partial charge in [-0.1, -0.05) is 55.7 Å². The van der Waals surface area contributed by atoms with Crippen LogP contribution in [0.2, 0.25) is 0 Å². The SMILES string of the molecule is C=C(C)c1ccc(C)cc1-c1c(OCN(C(=O)OC)c2ccc([N+](=O)[O-])cc2)cc(CCCCC)cc1OCN(C(=O)OC)c1ccc([N+](=O)[O-])cc1. The van der Waals surface area contributed by atoms with Crippen LogP contribution in [0.15, 0.2) is 85.4 Å². The molecule has 0 bridgehead atoms. The number of carbonyl (C=O) groups is 2. The molecule has 14 nitrogen and oxygen atoms in total. The zero-order valence-corrected chi connectivity index (χ0v) is 30.3. The van der Waals surface area contributed by atoms with Crippen LogP contribution in [-0.4, -0.2) is 49.7 Å². The summed E-state index contributed by atoms with van der Waals surface area (Å²) in [7, 11) is 2.44. The van der Waals surface area contributed by atoms with E-state index in [-0.39, 0.29) is 24.8 Å². The lowest BCUT2D eigenvalue weighted by molar-refractivity contribution is -0.385. The fourth-order valence-electron chi connectivity index (χ4n) is 5.56. The van der Waals surface area contributed by atoms with Gasteiger partial charge in [0.05, 0.1) is 41.0 Å². The lowest BCUT2D eigenvalue weighted by atomic mass is 9.91. The minimum atomic E-state index is -0.758. The molecule has 0 aliphatic carbocycles. The molecular formula is C39H42N4O10. The topological polar surface area (TPSA) is 164 Å². The first-order chi connectivity index (χ1) is 25.4. The standard InChI is InChI=1S/C39H42N4O10/c1-7-8-9-10-28-22-35(52-24-40(38(44)50-5)29-12-16-31(17-13-29)42(46)47)37(34-21-27(4)11-20-33(34)26(2)3)36(23-28)53-25-41(39(45)51-6)30-14-18-32(19-15-30)43(48)49/h11-23H,2,7-10,24-25H2,1,3-6H3. The molecule has 4 rings (SSSR count). The van der Waals surface area contributed by atoms with Gasteiger partial charge >= 0.3 is 12.2 Å². The number of unbranched alkanes of at least 4 members (excludes halogenated alkanes) is 2. The average Bonchev–Trinajstić information content (AvgIpc) is 3.14. The minimum Gasteiger partial charge on any atom is -0.472 e. The van der Waals surface area contributed by atoms with Gasteiger partial charge < -0.3 is 18.9 Å². The molecule has 0 heterocycles. The first-order valence-corrected chi connectivity index (χ1v) is 16.8. The Bertz CT molecular complexity index is 1860. The van der Waals surface area contributed by atoms with Crippen LogP contribution in [0.4, 0.5) is 32.3 Å². The predicted octanol–water partition coefficient (Wildman–Crippen LogP) is 9.46. The number of ether oxygens (including phenoxy) is 4. The van der Waals surface area contributed by atoms with Gasteiger partial charge in [0.15, 0.2) is 13.5 Å². The molecule has 4 aromatic rings. The van der Waals surface area contributed by atoms with Crippen molar-refractivity contribution in [3.63, 3.8) is 0 Å². The molecule has 0 fully saturated rings. The molecular weight excluding hydrogens is 684 g/mol. The molecule has 4 aromatic carbocycles. The molecule has 278 valence electrons. The van der Waals surface area contributed by atoms with E-state index in [2.05, 4.69) is 13.5 Å². The van der Waals surface area contributed by atoms with Crippen molar-refractivity contribution in [1.29, 1.82) is 0 Å². The third-order valence-electron chi connectivity index (χ3n) is 8.33. The average molecular weight is 727 g/mol. The maximum absolute atomic E-state index is 13.0. The van der Waals surface area contributed by atoms with Crippen LogP contribution < -0.4 is 19.3 Å². The van der Waals surface area contributed by atoms with E-state index in [0.29, 0.717) is 40.4 Å². The van der Waals surface area contributed by atoms with E-state index in [0.717, 1.165) is 41.5 Å². The van der Waals surface area contributed by atoms with E-state index >= 15 is 0 Å². The Morgan fingerprint density at radius 3 is 1.60 bits per heavy atom. The Balaban J connectivity index is 1.88. The van der Waals surface area contributed by atoms with Gasteiger partial charge in [-0.2, -0.15) is 0 Å². The van der Waals surface area contributed by atoms with Gasteiger partial charge in [0.1, 0.15) is 11.5 Å². The number of rotatable bonds is 16. The van der Waals surface area contributed by atoms with Crippen LogP contribution in [0.25, 0.3) is 16.7 Å². The summed E-state index contributed by atoms with van der Waals surface area (Å²) in [5, 5.41) is 22.6. The summed E-state index contributed by atoms with van der Waals surface area (Å²) in [4.78, 5) is 50.0. The number of non-ortho nitro benzene ring substituents is 2. The van der Waals surface area contributed by atoms with Crippen molar-refractivity contribution >= 4 is 40.5 Å². The molecule has 0 unspecified atom stereocenters. The highest BCUT2D eigenvalue weighted by Gasteiger charge is 2.25. The van der Waals surface area contributed by atoms with Gasteiger partial charge in [-0.25, -0.2) is 19.4 Å². The normalized spacial score (nSPS) is 10.6. The van der Waals surface area contributed by atoms with Crippen molar-refractivity contribution in [3.05, 3.63) is 122 Å². The molecule has 0 spiro atoms. The number of carbonyl (C=O) groups excluding carboxylic acids is 2. The largest absolute Gasteiger partial charge is 0.472 e. The Morgan fingerprint density at radius 1 is 0.736 bits per heavy atom. The van der Waals surface area contributed by atoms with Crippen molar-refractivity contribution in [2.45, 2.75) is 46.5 Å². The predicted molar refractivity (Wildman–Crippen MR) is 202 cm³/mol. The smallest absolute Gasteiger partial charge is 0.416 e. The zero-order chi connectivity index (χ0) is 38.7. The molecule has 0 aliphatic rings. The molecule has 0 saturated carbocycles. The summed E-state index contributed by atoms with van der Waals surface area (Å²) in [5.74, 6) is 0.690. The number of hydrogen-bond acceptors (Lipinski definition) is 10. The number of nitrogens with zero attached hydrogens (tertiary/aromatic N) is 4. The number of nitro benzene ring substituents is 2. The number of aryl methyl sites for hydroxylation is 2. The molecule has 0 N–H and O–H groups in total. The monoisotopic (exact) mass is 726 g/mol. The summed E-state index contributed by atoms with van der Waals surface area (Å²) in [6.45, 7) is 9.40. The van der Waals surface area contributed by atoms with Crippen LogP contribution in [0.1, 0.15) is 49.8 Å². The molecule has 2 amide bonds. The van der Waals surface area contributed by atoms with Gasteiger partial charge in [-0.3, -0.25) is 20.2 Å². The Hall–Kier alpha value is -6.44. The van der Waals surface area contributed by atoms with E-state index in [4.69, 9.17) is 18.9 Å². The highest BCUT2D eigenvalue weighted by atomic mass is 16.6.